The Balaban J connectivity index is 1.53. The predicted molar refractivity (Wildman–Crippen MR) is 116 cm³/mol. The minimum atomic E-state index is 0.705. The summed E-state index contributed by atoms with van der Waals surface area (Å²) in [7, 11) is 0. The van der Waals surface area contributed by atoms with E-state index in [2.05, 4.69) is 63.4 Å². The summed E-state index contributed by atoms with van der Waals surface area (Å²) in [6.45, 7) is 0.705. The highest BCUT2D eigenvalue weighted by Crippen LogP contribution is 2.23. The summed E-state index contributed by atoms with van der Waals surface area (Å²) in [5, 5.41) is 0. The second kappa shape index (κ2) is 8.78. The van der Waals surface area contributed by atoms with Gasteiger partial charge in [0.1, 0.15) is 11.6 Å². The Bertz CT molecular complexity index is 972. The van der Waals surface area contributed by atoms with E-state index in [1.807, 2.05) is 67.0 Å². The third-order valence-electron chi connectivity index (χ3n) is 4.44. The van der Waals surface area contributed by atoms with Crippen molar-refractivity contribution in [2.45, 2.75) is 6.54 Å². The standard InChI is InChI=1S/C25H21N3/c1-2-8-21(9-3-1)12-13-22-14-16-23(17-15-22)20-28(24-10-4-6-18-26-24)25-11-5-7-19-27-25/h1-19H,20H2/b13-12+. The molecule has 2 aromatic heterocycles. The van der Waals surface area contributed by atoms with Gasteiger partial charge in [0.2, 0.25) is 0 Å². The molecule has 0 fully saturated rings. The zero-order valence-corrected chi connectivity index (χ0v) is 15.5. The first-order valence-corrected chi connectivity index (χ1v) is 9.30. The van der Waals surface area contributed by atoms with Crippen molar-refractivity contribution in [3.63, 3.8) is 0 Å². The van der Waals surface area contributed by atoms with Crippen molar-refractivity contribution in [2.75, 3.05) is 4.90 Å². The van der Waals surface area contributed by atoms with E-state index in [1.165, 1.54) is 16.7 Å². The molecule has 0 N–H and O–H groups in total. The first kappa shape index (κ1) is 17.7. The minimum Gasteiger partial charge on any atom is -0.307 e. The van der Waals surface area contributed by atoms with Crippen LogP contribution in [0.1, 0.15) is 16.7 Å². The summed E-state index contributed by atoms with van der Waals surface area (Å²) < 4.78 is 0. The maximum absolute atomic E-state index is 4.51. The van der Waals surface area contributed by atoms with Crippen LogP contribution < -0.4 is 4.90 Å². The molecule has 3 heteroatoms. The molecule has 0 unspecified atom stereocenters. The first-order chi connectivity index (χ1) is 13.9. The lowest BCUT2D eigenvalue weighted by molar-refractivity contribution is 0.923. The molecule has 0 aliphatic rings. The molecule has 0 saturated carbocycles. The van der Waals surface area contributed by atoms with E-state index in [1.54, 1.807) is 0 Å². The normalized spacial score (nSPS) is 10.9. The van der Waals surface area contributed by atoms with Crippen molar-refractivity contribution in [1.82, 2.24) is 9.97 Å². The average molecular weight is 363 g/mol. The van der Waals surface area contributed by atoms with Gasteiger partial charge in [-0.05, 0) is 41.0 Å². The molecule has 0 spiro atoms. The van der Waals surface area contributed by atoms with Gasteiger partial charge in [0.25, 0.3) is 0 Å². The SMILES string of the molecule is C(=C\c1ccc(CN(c2ccccn2)c2ccccn2)cc1)/c1ccccc1. The number of aromatic nitrogens is 2. The molecule has 0 saturated heterocycles. The Morgan fingerprint density at radius 2 is 1.11 bits per heavy atom. The third-order valence-corrected chi connectivity index (χ3v) is 4.44. The number of anilines is 2. The number of pyridine rings is 2. The van der Waals surface area contributed by atoms with Gasteiger partial charge in [-0.2, -0.15) is 0 Å². The van der Waals surface area contributed by atoms with Gasteiger partial charge in [0.05, 0.1) is 6.54 Å². The van der Waals surface area contributed by atoms with Gasteiger partial charge in [-0.3, -0.25) is 0 Å². The fourth-order valence-corrected chi connectivity index (χ4v) is 2.98. The molecule has 3 nitrogen and oxygen atoms in total. The van der Waals surface area contributed by atoms with E-state index in [9.17, 15) is 0 Å². The highest BCUT2D eigenvalue weighted by Gasteiger charge is 2.12. The number of rotatable bonds is 6. The van der Waals surface area contributed by atoms with E-state index in [4.69, 9.17) is 0 Å². The highest BCUT2D eigenvalue weighted by molar-refractivity contribution is 5.69. The molecule has 0 radical (unpaired) electrons. The molecule has 0 amide bonds. The second-order valence-corrected chi connectivity index (χ2v) is 6.45. The number of benzene rings is 2. The molecule has 0 aliphatic carbocycles. The first-order valence-electron chi connectivity index (χ1n) is 9.30. The quantitative estimate of drug-likeness (QED) is 0.394. The Morgan fingerprint density at radius 3 is 1.64 bits per heavy atom. The van der Waals surface area contributed by atoms with Gasteiger partial charge < -0.3 is 4.90 Å². The second-order valence-electron chi connectivity index (χ2n) is 6.45. The number of nitrogens with zero attached hydrogens (tertiary/aromatic N) is 3. The molecular formula is C25H21N3. The van der Waals surface area contributed by atoms with Gasteiger partial charge in [0.15, 0.2) is 0 Å². The van der Waals surface area contributed by atoms with E-state index >= 15 is 0 Å². The van der Waals surface area contributed by atoms with Crippen molar-refractivity contribution >= 4 is 23.8 Å². The van der Waals surface area contributed by atoms with E-state index in [0.29, 0.717) is 6.54 Å². The fourth-order valence-electron chi connectivity index (χ4n) is 2.98. The molecule has 28 heavy (non-hydrogen) atoms. The molecule has 2 heterocycles. The highest BCUT2D eigenvalue weighted by atomic mass is 15.2. The van der Waals surface area contributed by atoms with Crippen LogP contribution in [-0.2, 0) is 6.54 Å². The number of hydrogen-bond acceptors (Lipinski definition) is 3. The fraction of sp³-hybridized carbons (Fsp3) is 0.0400. The van der Waals surface area contributed by atoms with Crippen LogP contribution in [0.25, 0.3) is 12.2 Å². The summed E-state index contributed by atoms with van der Waals surface area (Å²) in [6.07, 6.45) is 7.88. The Morgan fingerprint density at radius 1 is 0.571 bits per heavy atom. The van der Waals surface area contributed by atoms with Crippen LogP contribution in [0.3, 0.4) is 0 Å². The summed E-state index contributed by atoms with van der Waals surface area (Å²) >= 11 is 0. The summed E-state index contributed by atoms with van der Waals surface area (Å²) in [4.78, 5) is 11.1. The van der Waals surface area contributed by atoms with Crippen molar-refractivity contribution < 1.29 is 0 Å². The Kier molecular flexibility index (Phi) is 5.54. The van der Waals surface area contributed by atoms with Gasteiger partial charge in [-0.15, -0.1) is 0 Å². The Labute approximate surface area is 165 Å². The molecule has 0 atom stereocenters. The molecular weight excluding hydrogens is 342 g/mol. The zero-order valence-electron chi connectivity index (χ0n) is 15.5. The predicted octanol–water partition coefficient (Wildman–Crippen LogP) is 5.99. The summed E-state index contributed by atoms with van der Waals surface area (Å²) in [6, 6.07) is 30.8. The lowest BCUT2D eigenvalue weighted by atomic mass is 10.1. The van der Waals surface area contributed by atoms with Crippen LogP contribution in [0.2, 0.25) is 0 Å². The van der Waals surface area contributed by atoms with Crippen molar-refractivity contribution in [1.29, 1.82) is 0 Å². The molecule has 136 valence electrons. The molecule has 0 bridgehead atoms. The van der Waals surface area contributed by atoms with Gasteiger partial charge in [0, 0.05) is 12.4 Å². The van der Waals surface area contributed by atoms with E-state index < -0.39 is 0 Å². The van der Waals surface area contributed by atoms with Gasteiger partial charge in [-0.25, -0.2) is 9.97 Å². The molecule has 4 rings (SSSR count). The topological polar surface area (TPSA) is 29.0 Å². The third kappa shape index (κ3) is 4.51. The average Bonchev–Trinajstić information content (AvgIpc) is 2.79. The van der Waals surface area contributed by atoms with Crippen molar-refractivity contribution in [3.05, 3.63) is 120 Å². The van der Waals surface area contributed by atoms with Crippen LogP contribution in [0.5, 0.6) is 0 Å². The minimum absolute atomic E-state index is 0.705. The van der Waals surface area contributed by atoms with Gasteiger partial charge >= 0.3 is 0 Å². The van der Waals surface area contributed by atoms with Crippen LogP contribution in [0.15, 0.2) is 103 Å². The number of hydrogen-bond donors (Lipinski definition) is 0. The van der Waals surface area contributed by atoms with Crippen LogP contribution >= 0.6 is 0 Å². The molecule has 2 aromatic carbocycles. The summed E-state index contributed by atoms with van der Waals surface area (Å²) in [5.41, 5.74) is 3.58. The Hall–Kier alpha value is -3.72. The zero-order chi connectivity index (χ0) is 19.0. The van der Waals surface area contributed by atoms with Crippen molar-refractivity contribution in [2.24, 2.45) is 0 Å². The maximum atomic E-state index is 4.51. The van der Waals surface area contributed by atoms with E-state index in [-0.39, 0.29) is 0 Å². The van der Waals surface area contributed by atoms with Crippen LogP contribution in [0.4, 0.5) is 11.6 Å². The van der Waals surface area contributed by atoms with E-state index in [0.717, 1.165) is 11.6 Å². The smallest absolute Gasteiger partial charge is 0.134 e. The monoisotopic (exact) mass is 363 g/mol. The lowest BCUT2D eigenvalue weighted by Gasteiger charge is -2.22. The lowest BCUT2D eigenvalue weighted by Crippen LogP contribution is -2.18. The molecule has 4 aromatic rings. The maximum Gasteiger partial charge on any atom is 0.134 e. The largest absolute Gasteiger partial charge is 0.307 e. The molecule has 0 aliphatic heterocycles. The van der Waals surface area contributed by atoms with Crippen LogP contribution in [-0.4, -0.2) is 9.97 Å². The summed E-state index contributed by atoms with van der Waals surface area (Å²) in [5.74, 6) is 1.77. The van der Waals surface area contributed by atoms with Crippen molar-refractivity contribution in [3.8, 4) is 0 Å². The van der Waals surface area contributed by atoms with Crippen LogP contribution in [0, 0.1) is 0 Å². The van der Waals surface area contributed by atoms with Gasteiger partial charge in [-0.1, -0.05) is 78.9 Å².